The van der Waals surface area contributed by atoms with E-state index in [4.69, 9.17) is 14.2 Å². The van der Waals surface area contributed by atoms with Crippen molar-refractivity contribution in [1.82, 2.24) is 0 Å². The number of benzene rings is 2. The standard InChI is InChI=1S/C29H31FO7S/c1-3-27(31)36-20-6-4-18-34-24-11-8-23(9-12-24)10-17-28(32)38-26-15-13-25(14-16-26)35-19-5-7-21-37-29(33)22(2)30/h3,8-17H,1-2,4-7,18-21H2/b17-10+. The molecule has 0 heterocycles. The number of halogens is 1. The highest BCUT2D eigenvalue weighted by atomic mass is 32.2. The molecule has 0 aliphatic rings. The predicted octanol–water partition coefficient (Wildman–Crippen LogP) is 6.09. The third-order valence-corrected chi connectivity index (χ3v) is 5.66. The molecular formula is C29H31FO7S. The minimum Gasteiger partial charge on any atom is -0.494 e. The quantitative estimate of drug-likeness (QED) is 0.103. The molecule has 0 aliphatic carbocycles. The molecule has 9 heteroatoms. The lowest BCUT2D eigenvalue weighted by atomic mass is 10.2. The molecule has 0 bridgehead atoms. The molecule has 202 valence electrons. The van der Waals surface area contributed by atoms with Crippen molar-refractivity contribution in [2.24, 2.45) is 0 Å². The van der Waals surface area contributed by atoms with Crippen LogP contribution in [-0.4, -0.2) is 43.5 Å². The number of thioether (sulfide) groups is 1. The molecule has 0 radical (unpaired) electrons. The van der Waals surface area contributed by atoms with Crippen molar-refractivity contribution < 1.29 is 37.7 Å². The van der Waals surface area contributed by atoms with Crippen LogP contribution in [0.2, 0.25) is 0 Å². The van der Waals surface area contributed by atoms with Gasteiger partial charge in [-0.25, -0.2) is 9.59 Å². The van der Waals surface area contributed by atoms with Crippen LogP contribution in [0.1, 0.15) is 31.2 Å². The van der Waals surface area contributed by atoms with Crippen molar-refractivity contribution in [2.75, 3.05) is 26.4 Å². The van der Waals surface area contributed by atoms with E-state index in [1.165, 1.54) is 6.08 Å². The number of carbonyl (C=O) groups excluding carboxylic acids is 3. The molecule has 0 spiro atoms. The van der Waals surface area contributed by atoms with E-state index in [9.17, 15) is 18.8 Å². The topological polar surface area (TPSA) is 88.1 Å². The summed E-state index contributed by atoms with van der Waals surface area (Å²) < 4.78 is 33.3. The summed E-state index contributed by atoms with van der Waals surface area (Å²) in [5, 5.41) is -0.110. The normalized spacial score (nSPS) is 10.6. The highest BCUT2D eigenvalue weighted by Gasteiger charge is 2.06. The van der Waals surface area contributed by atoms with Gasteiger partial charge in [0.1, 0.15) is 11.5 Å². The van der Waals surface area contributed by atoms with Crippen molar-refractivity contribution >= 4 is 34.9 Å². The molecule has 38 heavy (non-hydrogen) atoms. The van der Waals surface area contributed by atoms with Crippen LogP contribution in [0.15, 0.2) is 84.6 Å². The summed E-state index contributed by atoms with van der Waals surface area (Å²) in [6, 6.07) is 14.6. The maximum Gasteiger partial charge on any atom is 0.366 e. The Morgan fingerprint density at radius 3 is 1.87 bits per heavy atom. The first-order valence-corrected chi connectivity index (χ1v) is 12.9. The molecule has 2 aromatic carbocycles. The number of carbonyl (C=O) groups is 3. The Bertz CT molecular complexity index is 1090. The molecule has 2 rings (SSSR count). The lowest BCUT2D eigenvalue weighted by Crippen LogP contribution is -2.07. The lowest BCUT2D eigenvalue weighted by Gasteiger charge is -2.07. The number of rotatable bonds is 17. The van der Waals surface area contributed by atoms with Gasteiger partial charge in [0, 0.05) is 11.0 Å². The largest absolute Gasteiger partial charge is 0.494 e. The van der Waals surface area contributed by atoms with Gasteiger partial charge in [-0.3, -0.25) is 4.79 Å². The zero-order chi connectivity index (χ0) is 27.6. The summed E-state index contributed by atoms with van der Waals surface area (Å²) in [5.74, 6) is -1.19. The summed E-state index contributed by atoms with van der Waals surface area (Å²) in [5.41, 5.74) is 0.871. The number of ether oxygens (including phenoxy) is 4. The van der Waals surface area contributed by atoms with Crippen molar-refractivity contribution in [3.05, 3.63) is 85.2 Å². The predicted molar refractivity (Wildman–Crippen MR) is 145 cm³/mol. The monoisotopic (exact) mass is 542 g/mol. The zero-order valence-corrected chi connectivity index (χ0v) is 21.9. The molecule has 0 saturated heterocycles. The van der Waals surface area contributed by atoms with Crippen molar-refractivity contribution in [3.8, 4) is 11.5 Å². The second kappa shape index (κ2) is 17.6. The van der Waals surface area contributed by atoms with Gasteiger partial charge in [0.25, 0.3) is 0 Å². The Hall–Kier alpha value is -3.85. The van der Waals surface area contributed by atoms with E-state index in [1.54, 1.807) is 30.3 Å². The van der Waals surface area contributed by atoms with E-state index >= 15 is 0 Å². The van der Waals surface area contributed by atoms with Crippen LogP contribution in [-0.2, 0) is 23.9 Å². The Morgan fingerprint density at radius 2 is 1.32 bits per heavy atom. The van der Waals surface area contributed by atoms with Gasteiger partial charge in [0.2, 0.25) is 10.9 Å². The lowest BCUT2D eigenvalue weighted by molar-refractivity contribution is -0.141. The Morgan fingerprint density at radius 1 is 0.789 bits per heavy atom. The maximum atomic E-state index is 12.5. The number of unbranched alkanes of at least 4 members (excludes halogenated alkanes) is 2. The van der Waals surface area contributed by atoms with Crippen LogP contribution >= 0.6 is 11.8 Å². The molecule has 2 aromatic rings. The second-order valence-electron chi connectivity index (χ2n) is 7.82. The fourth-order valence-corrected chi connectivity index (χ4v) is 3.50. The molecule has 0 N–H and O–H groups in total. The van der Waals surface area contributed by atoms with Gasteiger partial charge in [0.15, 0.2) is 0 Å². The molecule has 0 unspecified atom stereocenters. The van der Waals surface area contributed by atoms with Gasteiger partial charge in [-0.1, -0.05) is 31.4 Å². The van der Waals surface area contributed by atoms with Gasteiger partial charge in [-0.05, 0) is 85.5 Å². The van der Waals surface area contributed by atoms with E-state index < -0.39 is 17.8 Å². The van der Waals surface area contributed by atoms with Gasteiger partial charge < -0.3 is 18.9 Å². The Balaban J connectivity index is 1.64. The first-order chi connectivity index (χ1) is 18.4. The van der Waals surface area contributed by atoms with Gasteiger partial charge in [-0.2, -0.15) is 4.39 Å². The molecule has 0 aliphatic heterocycles. The van der Waals surface area contributed by atoms with Crippen molar-refractivity contribution in [2.45, 2.75) is 30.6 Å². The van der Waals surface area contributed by atoms with Crippen LogP contribution < -0.4 is 9.47 Å². The molecule has 0 saturated carbocycles. The summed E-state index contributed by atoms with van der Waals surface area (Å²) >= 11 is 1.11. The van der Waals surface area contributed by atoms with Gasteiger partial charge >= 0.3 is 11.9 Å². The number of hydrogen-bond acceptors (Lipinski definition) is 8. The zero-order valence-electron chi connectivity index (χ0n) is 21.1. The Kier molecular flexibility index (Phi) is 14.1. The third kappa shape index (κ3) is 12.9. The number of esters is 2. The molecule has 0 fully saturated rings. The van der Waals surface area contributed by atoms with Gasteiger partial charge in [0.05, 0.1) is 26.4 Å². The minimum absolute atomic E-state index is 0.103. The average molecular weight is 543 g/mol. The van der Waals surface area contributed by atoms with E-state index in [2.05, 4.69) is 17.9 Å². The second-order valence-corrected chi connectivity index (χ2v) is 8.90. The van der Waals surface area contributed by atoms with E-state index in [0.717, 1.165) is 40.5 Å². The van der Waals surface area contributed by atoms with Crippen LogP contribution in [0.25, 0.3) is 6.08 Å². The van der Waals surface area contributed by atoms with Crippen molar-refractivity contribution in [3.63, 3.8) is 0 Å². The number of hydrogen-bond donors (Lipinski definition) is 0. The maximum absolute atomic E-state index is 12.5. The fourth-order valence-electron chi connectivity index (χ4n) is 2.86. The van der Waals surface area contributed by atoms with E-state index in [-0.39, 0.29) is 11.7 Å². The van der Waals surface area contributed by atoms with Gasteiger partial charge in [-0.15, -0.1) is 0 Å². The highest BCUT2D eigenvalue weighted by molar-refractivity contribution is 8.14. The summed E-state index contributed by atoms with van der Waals surface area (Å²) in [4.78, 5) is 35.0. The van der Waals surface area contributed by atoms with Crippen LogP contribution in [0.5, 0.6) is 11.5 Å². The first kappa shape index (κ1) is 30.4. The first-order valence-electron chi connectivity index (χ1n) is 12.0. The smallest absolute Gasteiger partial charge is 0.366 e. The Labute approximate surface area is 226 Å². The van der Waals surface area contributed by atoms with E-state index in [1.807, 2.05) is 24.3 Å². The minimum atomic E-state index is -1.11. The SMILES string of the molecule is C=CC(=O)OCCCCOc1ccc(/C=C/C(=O)Sc2ccc(OCCCCOC(=O)C(=C)F)cc2)cc1. The van der Waals surface area contributed by atoms with Crippen LogP contribution in [0.3, 0.4) is 0 Å². The van der Waals surface area contributed by atoms with E-state index in [0.29, 0.717) is 44.8 Å². The fraction of sp³-hybridized carbons (Fsp3) is 0.276. The summed E-state index contributed by atoms with van der Waals surface area (Å²) in [7, 11) is 0. The molecular weight excluding hydrogens is 511 g/mol. The molecule has 0 amide bonds. The molecule has 0 atom stereocenters. The van der Waals surface area contributed by atoms with Crippen LogP contribution in [0.4, 0.5) is 4.39 Å². The molecule has 7 nitrogen and oxygen atoms in total. The van der Waals surface area contributed by atoms with Crippen molar-refractivity contribution in [1.29, 1.82) is 0 Å². The molecule has 0 aromatic heterocycles. The summed E-state index contributed by atoms with van der Waals surface area (Å²) in [6.45, 7) is 7.58. The summed E-state index contributed by atoms with van der Waals surface area (Å²) in [6.07, 6.45) is 7.03. The third-order valence-electron chi connectivity index (χ3n) is 4.81. The average Bonchev–Trinajstić information content (AvgIpc) is 2.92. The van der Waals surface area contributed by atoms with Crippen LogP contribution in [0, 0.1) is 0 Å². The highest BCUT2D eigenvalue weighted by Crippen LogP contribution is 2.23.